The molecule has 0 spiro atoms. The van der Waals surface area contributed by atoms with Gasteiger partial charge in [-0.25, -0.2) is 0 Å². The highest BCUT2D eigenvalue weighted by atomic mass is 14.8. The highest BCUT2D eigenvalue weighted by Gasteiger charge is 2.50. The van der Waals surface area contributed by atoms with Gasteiger partial charge in [-0.15, -0.1) is 0 Å². The van der Waals surface area contributed by atoms with Crippen LogP contribution in [0.1, 0.15) is 139 Å². The first-order valence-electron chi connectivity index (χ1n) is 27.5. The number of rotatable bonds is 8. The van der Waals surface area contributed by atoms with E-state index in [1.54, 1.807) is 33.4 Å². The van der Waals surface area contributed by atoms with Crippen LogP contribution in [0.5, 0.6) is 0 Å². The van der Waals surface area contributed by atoms with Crippen LogP contribution in [0, 0.1) is 65.1 Å². The van der Waals surface area contributed by atoms with E-state index in [1.807, 2.05) is 0 Å². The zero-order valence-electron chi connectivity index (χ0n) is 40.5. The van der Waals surface area contributed by atoms with Gasteiger partial charge < -0.3 is 0 Å². The van der Waals surface area contributed by atoms with Gasteiger partial charge in [-0.3, -0.25) is 9.98 Å². The Hall–Kier alpha value is -4.56. The molecule has 14 atom stereocenters. The SMILES string of the molecule is CCC1(CC)c2cc(C=CC3=CCC4C(C=CC5CC(C6N=CC7=CCCC=C76)CCC54)C3)ccc2C2CCC(C=CC3=CC4=C(CC3)C3C=CC(C5C=NC6CC=CCC65)CC3C=C4)=CC21. The summed E-state index contributed by atoms with van der Waals surface area (Å²) in [6.45, 7) is 4.93. The van der Waals surface area contributed by atoms with Gasteiger partial charge in [-0.2, -0.15) is 0 Å². The maximum atomic E-state index is 5.07. The van der Waals surface area contributed by atoms with Gasteiger partial charge in [-0.1, -0.05) is 152 Å². The van der Waals surface area contributed by atoms with Crippen LogP contribution in [0.2, 0.25) is 0 Å². The van der Waals surface area contributed by atoms with Crippen LogP contribution in [0.3, 0.4) is 0 Å². The van der Waals surface area contributed by atoms with E-state index >= 15 is 0 Å². The lowest BCUT2D eigenvalue weighted by Crippen LogP contribution is -2.39. The molecule has 2 aliphatic heterocycles. The first kappa shape index (κ1) is 42.5. The topological polar surface area (TPSA) is 24.7 Å². The van der Waals surface area contributed by atoms with Gasteiger partial charge in [0.25, 0.3) is 0 Å². The first-order chi connectivity index (χ1) is 33.0. The molecular formula is C65H74N2. The fourth-order valence-corrected chi connectivity index (χ4v) is 16.9. The van der Waals surface area contributed by atoms with Crippen molar-refractivity contribution in [1.82, 2.24) is 0 Å². The molecule has 12 aliphatic rings. The van der Waals surface area contributed by atoms with E-state index in [2.05, 4.69) is 148 Å². The highest BCUT2D eigenvalue weighted by molar-refractivity contribution is 5.89. The fourth-order valence-electron chi connectivity index (χ4n) is 16.9. The third-order valence-corrected chi connectivity index (χ3v) is 20.5. The third kappa shape index (κ3) is 7.39. The molecule has 2 heterocycles. The molecule has 0 bridgehead atoms. The quantitative estimate of drug-likeness (QED) is 0.232. The van der Waals surface area contributed by atoms with Crippen molar-refractivity contribution < 1.29 is 0 Å². The lowest BCUT2D eigenvalue weighted by molar-refractivity contribution is 0.106. The summed E-state index contributed by atoms with van der Waals surface area (Å²) in [4.78, 5) is 10.0. The minimum atomic E-state index is 0.207. The van der Waals surface area contributed by atoms with Crippen molar-refractivity contribution in [2.24, 2.45) is 75.1 Å². The molecule has 0 radical (unpaired) electrons. The average Bonchev–Trinajstić information content (AvgIpc) is 4.09. The number of allylic oxidation sites excluding steroid dienone is 20. The lowest BCUT2D eigenvalue weighted by atomic mass is 9.58. The van der Waals surface area contributed by atoms with Crippen LogP contribution in [0.25, 0.3) is 6.08 Å². The normalized spacial score (nSPS) is 39.4. The Morgan fingerprint density at radius 1 is 0.701 bits per heavy atom. The zero-order chi connectivity index (χ0) is 44.6. The van der Waals surface area contributed by atoms with E-state index in [9.17, 15) is 0 Å². The molecule has 0 saturated heterocycles. The van der Waals surface area contributed by atoms with Gasteiger partial charge in [0.05, 0.1) is 12.1 Å². The number of hydrogen-bond acceptors (Lipinski definition) is 2. The third-order valence-electron chi connectivity index (χ3n) is 20.5. The molecule has 13 rings (SSSR count). The molecule has 344 valence electrons. The Bertz CT molecular complexity index is 2610. The molecule has 0 amide bonds. The molecule has 2 heteroatoms. The van der Waals surface area contributed by atoms with Crippen molar-refractivity contribution in [3.63, 3.8) is 0 Å². The Labute approximate surface area is 402 Å². The number of aliphatic imine (C=N–C) groups is 2. The monoisotopic (exact) mass is 883 g/mol. The maximum Gasteiger partial charge on any atom is 0.0780 e. The smallest absolute Gasteiger partial charge is 0.0780 e. The minimum Gasteiger partial charge on any atom is -0.293 e. The van der Waals surface area contributed by atoms with E-state index in [-0.39, 0.29) is 5.41 Å². The molecule has 2 nitrogen and oxygen atoms in total. The zero-order valence-corrected chi connectivity index (χ0v) is 40.5. The lowest BCUT2D eigenvalue weighted by Gasteiger charge is -2.46. The molecule has 1 fully saturated rings. The average molecular weight is 883 g/mol. The fraction of sp³-hybridized carbons (Fsp3) is 0.508. The summed E-state index contributed by atoms with van der Waals surface area (Å²) in [5.41, 5.74) is 15.6. The van der Waals surface area contributed by atoms with Crippen LogP contribution < -0.4 is 0 Å². The summed E-state index contributed by atoms with van der Waals surface area (Å²) < 4.78 is 0. The van der Waals surface area contributed by atoms with E-state index in [1.165, 1.54) is 112 Å². The minimum absolute atomic E-state index is 0.207. The summed E-state index contributed by atoms with van der Waals surface area (Å²) in [5.74, 6) is 8.19. The van der Waals surface area contributed by atoms with Crippen molar-refractivity contribution in [3.8, 4) is 0 Å². The van der Waals surface area contributed by atoms with Gasteiger partial charge in [0, 0.05) is 29.7 Å². The Balaban J connectivity index is 0.663. The number of benzene rings is 1. The maximum absolute atomic E-state index is 5.07. The number of fused-ring (bicyclic) bond motifs is 10. The molecule has 14 unspecified atom stereocenters. The number of hydrogen-bond donors (Lipinski definition) is 0. The second-order valence-corrected chi connectivity index (χ2v) is 23.3. The summed E-state index contributed by atoms with van der Waals surface area (Å²) in [6, 6.07) is 8.54. The van der Waals surface area contributed by atoms with Crippen molar-refractivity contribution in [1.29, 1.82) is 0 Å². The molecule has 1 aromatic carbocycles. The highest BCUT2D eigenvalue weighted by Crippen LogP contribution is 2.59. The molecule has 1 saturated carbocycles. The van der Waals surface area contributed by atoms with Gasteiger partial charge in [0.15, 0.2) is 0 Å². The summed E-state index contributed by atoms with van der Waals surface area (Å²) in [6.07, 6.45) is 67.2. The van der Waals surface area contributed by atoms with Crippen molar-refractivity contribution >= 4 is 18.5 Å². The van der Waals surface area contributed by atoms with Gasteiger partial charge in [-0.05, 0) is 201 Å². The van der Waals surface area contributed by atoms with E-state index in [0.29, 0.717) is 65.3 Å². The van der Waals surface area contributed by atoms with Crippen LogP contribution in [-0.4, -0.2) is 24.5 Å². The van der Waals surface area contributed by atoms with E-state index in [0.717, 1.165) is 30.6 Å². The largest absolute Gasteiger partial charge is 0.293 e. The number of nitrogens with zero attached hydrogens (tertiary/aromatic N) is 2. The molecule has 10 aliphatic carbocycles. The van der Waals surface area contributed by atoms with Gasteiger partial charge in [0.2, 0.25) is 0 Å². The Morgan fingerprint density at radius 2 is 1.57 bits per heavy atom. The van der Waals surface area contributed by atoms with Gasteiger partial charge in [0.1, 0.15) is 0 Å². The van der Waals surface area contributed by atoms with Crippen LogP contribution in [0.4, 0.5) is 0 Å². The first-order valence-corrected chi connectivity index (χ1v) is 27.5. The standard InChI is InChI=1S/C65H74N2/c1-3-65(4-2)61-35-43(15-13-41-17-27-52-45(33-41)21-23-47-37-49(25-31-54(47)52)60-40-66-63-12-8-7-11-59(60)63)19-29-57(61)58-30-20-44(36-62(58)65)16-14-42-18-28-53-46(34-42)22-24-48-38-50(26-32-55(48)53)64-56-10-6-5-9-51(56)39-67-64/h7-10,13-16,18,20-25,30-31,33,35-36,39-40,46-50,53-55,57,59-61,63-64H,3-6,11-12,17,19,26-29,32,34,37-38H2,1-2H3. The second kappa shape index (κ2) is 17.4. The van der Waals surface area contributed by atoms with Crippen LogP contribution in [0.15, 0.2) is 164 Å². The predicted molar refractivity (Wildman–Crippen MR) is 281 cm³/mol. The second-order valence-electron chi connectivity index (χ2n) is 23.3. The van der Waals surface area contributed by atoms with Crippen LogP contribution >= 0.6 is 0 Å². The molecule has 67 heavy (non-hydrogen) atoms. The molecule has 0 N–H and O–H groups in total. The summed E-state index contributed by atoms with van der Waals surface area (Å²) in [7, 11) is 0. The molecular weight excluding hydrogens is 809 g/mol. The van der Waals surface area contributed by atoms with E-state index in [4.69, 9.17) is 9.98 Å². The predicted octanol–water partition coefficient (Wildman–Crippen LogP) is 15.8. The summed E-state index contributed by atoms with van der Waals surface area (Å²) >= 11 is 0. The van der Waals surface area contributed by atoms with Crippen molar-refractivity contribution in [2.75, 3.05) is 0 Å². The van der Waals surface area contributed by atoms with Crippen LogP contribution in [-0.2, 0) is 5.41 Å². The Kier molecular flexibility index (Phi) is 11.1. The summed E-state index contributed by atoms with van der Waals surface area (Å²) in [5, 5.41) is 0. The Morgan fingerprint density at radius 3 is 2.51 bits per heavy atom. The van der Waals surface area contributed by atoms with Crippen molar-refractivity contribution in [2.45, 2.75) is 140 Å². The van der Waals surface area contributed by atoms with Crippen molar-refractivity contribution in [3.05, 3.63) is 171 Å². The van der Waals surface area contributed by atoms with E-state index < -0.39 is 0 Å². The molecule has 1 aromatic rings. The molecule has 0 aromatic heterocycles. The van der Waals surface area contributed by atoms with Gasteiger partial charge >= 0.3 is 0 Å².